The van der Waals surface area contributed by atoms with Gasteiger partial charge in [0.25, 0.3) is 0 Å². The molecule has 8 unspecified atom stereocenters. The number of hydrogen-bond donors (Lipinski definition) is 9. The Kier molecular flexibility index (Phi) is 10.4. The molecule has 2 aromatic carbocycles. The summed E-state index contributed by atoms with van der Waals surface area (Å²) in [4.78, 5) is 12.7. The summed E-state index contributed by atoms with van der Waals surface area (Å²) in [6.45, 7) is -2.18. The molecule has 2 aliphatic heterocycles. The summed E-state index contributed by atoms with van der Waals surface area (Å²) >= 11 is 0. The quantitative estimate of drug-likeness (QED) is 0.0806. The minimum Gasteiger partial charge on any atom is -0.504 e. The van der Waals surface area contributed by atoms with Crippen LogP contribution in [0.3, 0.4) is 0 Å². The first-order valence-electron chi connectivity index (χ1n) is 13.2. The Hall–Kier alpha value is -3.51. The Morgan fingerprint density at radius 3 is 2.28 bits per heavy atom. The second-order valence-electron chi connectivity index (χ2n) is 10.1. The molecule has 0 amide bonds. The van der Waals surface area contributed by atoms with Crippen LogP contribution in [-0.4, -0.2) is 127 Å². The third-order valence-corrected chi connectivity index (χ3v) is 7.04. The second-order valence-corrected chi connectivity index (χ2v) is 10.1. The first-order valence-corrected chi connectivity index (χ1v) is 13.2. The molecule has 0 bridgehead atoms. The van der Waals surface area contributed by atoms with E-state index in [9.17, 15) is 50.8 Å². The largest absolute Gasteiger partial charge is 0.504 e. The molecule has 0 saturated carbocycles. The molecule has 0 aromatic heterocycles. The predicted octanol–water partition coefficient (Wildman–Crippen LogP) is -1.40. The van der Waals surface area contributed by atoms with Gasteiger partial charge in [-0.3, -0.25) is 0 Å². The third-order valence-electron chi connectivity index (χ3n) is 7.04. The lowest BCUT2D eigenvalue weighted by molar-refractivity contribution is -0.330. The Labute approximate surface area is 245 Å². The van der Waals surface area contributed by atoms with Gasteiger partial charge in [-0.15, -0.1) is 0 Å². The zero-order chi connectivity index (χ0) is 31.3. The van der Waals surface area contributed by atoms with E-state index in [-0.39, 0.29) is 30.3 Å². The number of hydrogen-bond acceptors (Lipinski definition) is 15. The van der Waals surface area contributed by atoms with E-state index in [0.717, 1.165) is 6.08 Å². The highest BCUT2D eigenvalue weighted by Crippen LogP contribution is 2.33. The zero-order valence-electron chi connectivity index (χ0n) is 22.7. The van der Waals surface area contributed by atoms with E-state index in [1.54, 1.807) is 6.07 Å². The van der Waals surface area contributed by atoms with Crippen molar-refractivity contribution in [2.45, 2.75) is 55.1 Å². The molecular weight excluding hydrogens is 576 g/mol. The molecule has 2 heterocycles. The van der Waals surface area contributed by atoms with Gasteiger partial charge in [0.1, 0.15) is 30.0 Å². The molecule has 2 fully saturated rings. The summed E-state index contributed by atoms with van der Waals surface area (Å²) in [6, 6.07) is 7.98. The summed E-state index contributed by atoms with van der Waals surface area (Å²) in [5, 5.41) is 89.8. The SMILES string of the molecule is O=C(/C=C\c1ccc(O)c(O)c1)OC1C(CO)OC(OCCc2ccc(O)c(O)c2)C(O)C1OC1OCC(O)(CO)C1O. The average Bonchev–Trinajstić information content (AvgIpc) is 3.27. The third kappa shape index (κ3) is 7.53. The van der Waals surface area contributed by atoms with E-state index in [4.69, 9.17) is 23.7 Å². The van der Waals surface area contributed by atoms with Gasteiger partial charge in [0, 0.05) is 6.08 Å². The van der Waals surface area contributed by atoms with Crippen molar-refractivity contribution >= 4 is 12.0 Å². The zero-order valence-corrected chi connectivity index (χ0v) is 22.7. The van der Waals surface area contributed by atoms with Gasteiger partial charge in [0.15, 0.2) is 41.7 Å². The normalized spacial score (nSPS) is 31.0. The second kappa shape index (κ2) is 13.9. The van der Waals surface area contributed by atoms with Crippen molar-refractivity contribution in [3.8, 4) is 23.0 Å². The molecule has 4 rings (SSSR count). The topological polar surface area (TPSA) is 245 Å². The summed E-state index contributed by atoms with van der Waals surface area (Å²) in [6.07, 6.45) is -8.43. The number of esters is 1. The number of rotatable bonds is 11. The van der Waals surface area contributed by atoms with E-state index in [0.29, 0.717) is 11.1 Å². The predicted molar refractivity (Wildman–Crippen MR) is 143 cm³/mol. The first-order chi connectivity index (χ1) is 20.4. The highest BCUT2D eigenvalue weighted by atomic mass is 16.7. The number of aliphatic hydroxyl groups is 5. The minimum absolute atomic E-state index is 0.0731. The molecule has 0 aliphatic carbocycles. The summed E-state index contributed by atoms with van der Waals surface area (Å²) < 4.78 is 27.8. The van der Waals surface area contributed by atoms with Crippen LogP contribution in [-0.2, 0) is 34.9 Å². The number of carbonyl (C=O) groups is 1. The standard InChI is InChI=1S/C28H34O15/c29-11-20-23(42-21(35)6-3-14-1-4-16(31)18(33)9-14)24(43-27-25(37)28(38,12-30)13-40-27)22(36)26(41-20)39-8-7-15-2-5-17(32)19(34)10-15/h1-6,9-10,20,22-27,29-34,36-38H,7-8,11-13H2/b6-3-. The highest BCUT2D eigenvalue weighted by molar-refractivity contribution is 5.87. The molecule has 2 aliphatic rings. The number of phenolic OH excluding ortho intramolecular Hbond substituents is 4. The van der Waals surface area contributed by atoms with Gasteiger partial charge in [0.2, 0.25) is 0 Å². The van der Waals surface area contributed by atoms with Crippen LogP contribution in [0, 0.1) is 0 Å². The van der Waals surface area contributed by atoms with Gasteiger partial charge < -0.3 is 69.6 Å². The van der Waals surface area contributed by atoms with E-state index in [2.05, 4.69) is 0 Å². The molecule has 0 radical (unpaired) electrons. The van der Waals surface area contributed by atoms with Crippen LogP contribution in [0.15, 0.2) is 42.5 Å². The van der Waals surface area contributed by atoms with Gasteiger partial charge in [-0.2, -0.15) is 0 Å². The van der Waals surface area contributed by atoms with E-state index in [1.165, 1.54) is 36.4 Å². The number of ether oxygens (including phenoxy) is 5. The van der Waals surface area contributed by atoms with Crippen molar-refractivity contribution in [2.75, 3.05) is 26.4 Å². The molecule has 43 heavy (non-hydrogen) atoms. The lowest BCUT2D eigenvalue weighted by Crippen LogP contribution is -2.62. The van der Waals surface area contributed by atoms with Gasteiger partial charge in [0.05, 0.1) is 26.4 Å². The van der Waals surface area contributed by atoms with Crippen LogP contribution in [0.4, 0.5) is 0 Å². The van der Waals surface area contributed by atoms with E-state index < -0.39 is 80.2 Å². The monoisotopic (exact) mass is 610 g/mol. The lowest BCUT2D eigenvalue weighted by atomic mass is 9.97. The van der Waals surface area contributed by atoms with Crippen LogP contribution in [0.1, 0.15) is 11.1 Å². The smallest absolute Gasteiger partial charge is 0.331 e. The lowest BCUT2D eigenvalue weighted by Gasteiger charge is -2.44. The summed E-state index contributed by atoms with van der Waals surface area (Å²) in [5.74, 6) is -2.39. The number of phenols is 4. The molecular formula is C28H34O15. The fraction of sp³-hybridized carbons (Fsp3) is 0.464. The number of aromatic hydroxyl groups is 4. The Morgan fingerprint density at radius 1 is 0.953 bits per heavy atom. The van der Waals surface area contributed by atoms with Crippen molar-refractivity contribution < 1.29 is 74.4 Å². The van der Waals surface area contributed by atoms with Crippen molar-refractivity contribution in [1.29, 1.82) is 0 Å². The van der Waals surface area contributed by atoms with Gasteiger partial charge >= 0.3 is 5.97 Å². The number of benzene rings is 2. The van der Waals surface area contributed by atoms with Crippen molar-refractivity contribution in [3.05, 3.63) is 53.6 Å². The van der Waals surface area contributed by atoms with E-state index >= 15 is 0 Å². The van der Waals surface area contributed by atoms with Crippen molar-refractivity contribution in [3.63, 3.8) is 0 Å². The van der Waals surface area contributed by atoms with Crippen LogP contribution in [0.5, 0.6) is 23.0 Å². The van der Waals surface area contributed by atoms with Crippen LogP contribution in [0.2, 0.25) is 0 Å². The first kappa shape index (κ1) is 32.4. The highest BCUT2D eigenvalue weighted by Gasteiger charge is 2.54. The number of aliphatic hydroxyl groups excluding tert-OH is 4. The van der Waals surface area contributed by atoms with Crippen LogP contribution in [0.25, 0.3) is 6.08 Å². The molecule has 8 atom stereocenters. The molecule has 9 N–H and O–H groups in total. The summed E-state index contributed by atoms with van der Waals surface area (Å²) in [5.41, 5.74) is -1.15. The fourth-order valence-corrected chi connectivity index (χ4v) is 4.54. The average molecular weight is 611 g/mol. The molecule has 2 aromatic rings. The Morgan fingerprint density at radius 2 is 1.65 bits per heavy atom. The minimum atomic E-state index is -2.06. The Bertz CT molecular complexity index is 1280. The molecule has 0 spiro atoms. The summed E-state index contributed by atoms with van der Waals surface area (Å²) in [7, 11) is 0. The fourth-order valence-electron chi connectivity index (χ4n) is 4.54. The maximum Gasteiger partial charge on any atom is 0.331 e. The molecule has 236 valence electrons. The molecule has 2 saturated heterocycles. The number of carbonyl (C=O) groups excluding carboxylic acids is 1. The van der Waals surface area contributed by atoms with Crippen LogP contribution >= 0.6 is 0 Å². The molecule has 15 nitrogen and oxygen atoms in total. The maximum absolute atomic E-state index is 12.7. The van der Waals surface area contributed by atoms with Crippen molar-refractivity contribution in [1.82, 2.24) is 0 Å². The van der Waals surface area contributed by atoms with Crippen molar-refractivity contribution in [2.24, 2.45) is 0 Å². The van der Waals surface area contributed by atoms with Gasteiger partial charge in [-0.25, -0.2) is 4.79 Å². The van der Waals surface area contributed by atoms with Gasteiger partial charge in [-0.05, 0) is 47.9 Å². The maximum atomic E-state index is 12.7. The van der Waals surface area contributed by atoms with E-state index in [1.807, 2.05) is 0 Å². The Balaban J connectivity index is 1.50. The van der Waals surface area contributed by atoms with Crippen LogP contribution < -0.4 is 0 Å². The molecule has 15 heteroatoms. The van der Waals surface area contributed by atoms with Gasteiger partial charge in [-0.1, -0.05) is 12.1 Å².